The molecule has 0 aromatic heterocycles. The van der Waals surface area contributed by atoms with Gasteiger partial charge in [-0.3, -0.25) is 0 Å². The van der Waals surface area contributed by atoms with Gasteiger partial charge in [-0.1, -0.05) is 0 Å². The van der Waals surface area contributed by atoms with Crippen molar-refractivity contribution in [3.05, 3.63) is 59.7 Å². The Bertz CT molecular complexity index is 637. The van der Waals surface area contributed by atoms with Gasteiger partial charge in [-0.15, -0.1) is 0 Å². The van der Waals surface area contributed by atoms with Gasteiger partial charge < -0.3 is 0 Å². The standard InChI is InChI=1S/2C9H9O2.Zn/c2*1-2-11-9(10)8-6-4-3-5-7-8;/h2*3-6H,2H2,1H3;. The van der Waals surface area contributed by atoms with E-state index in [1.807, 2.05) is 36.4 Å². The van der Waals surface area contributed by atoms with Gasteiger partial charge in [-0.05, 0) is 0 Å². The average Bonchev–Trinajstić information content (AvgIpc) is 2.56. The van der Waals surface area contributed by atoms with Gasteiger partial charge in [0.25, 0.3) is 0 Å². The molecule has 0 saturated carbocycles. The van der Waals surface area contributed by atoms with Gasteiger partial charge in [-0.2, -0.15) is 0 Å². The summed E-state index contributed by atoms with van der Waals surface area (Å²) in [5.74, 6) is -0.607. The number of carbonyl (C=O) groups is 2. The van der Waals surface area contributed by atoms with Crippen molar-refractivity contribution in [2.75, 3.05) is 13.2 Å². The van der Waals surface area contributed by atoms with Crippen LogP contribution in [0.2, 0.25) is 0 Å². The number of rotatable bonds is 6. The summed E-state index contributed by atoms with van der Waals surface area (Å²) in [6, 6.07) is 15.0. The summed E-state index contributed by atoms with van der Waals surface area (Å²) in [6.07, 6.45) is 0. The molecule has 0 saturated heterocycles. The Hall–Kier alpha value is -2.00. The van der Waals surface area contributed by atoms with Gasteiger partial charge in [0.05, 0.1) is 0 Å². The first-order valence-electron chi connectivity index (χ1n) is 7.67. The molecule has 5 heteroatoms. The summed E-state index contributed by atoms with van der Waals surface area (Å²) in [4.78, 5) is 24.2. The van der Waals surface area contributed by atoms with Crippen molar-refractivity contribution in [2.45, 2.75) is 13.8 Å². The average molecular weight is 364 g/mol. The second-order valence-electron chi connectivity index (χ2n) is 4.93. The first kappa shape index (κ1) is 17.4. The minimum atomic E-state index is -1.53. The Morgan fingerprint density at radius 1 is 0.783 bits per heavy atom. The predicted molar refractivity (Wildman–Crippen MR) is 84.1 cm³/mol. The third-order valence-corrected chi connectivity index (χ3v) is 7.59. The summed E-state index contributed by atoms with van der Waals surface area (Å²) in [5.41, 5.74) is 1.21. The molecule has 0 amide bonds. The topological polar surface area (TPSA) is 52.6 Å². The van der Waals surface area contributed by atoms with Crippen molar-refractivity contribution in [2.24, 2.45) is 0 Å². The van der Waals surface area contributed by atoms with E-state index in [4.69, 9.17) is 9.47 Å². The van der Waals surface area contributed by atoms with Crippen LogP contribution in [0.15, 0.2) is 48.5 Å². The summed E-state index contributed by atoms with van der Waals surface area (Å²) < 4.78 is 12.3. The minimum absolute atomic E-state index is 0.303. The van der Waals surface area contributed by atoms with E-state index in [-0.39, 0.29) is 11.9 Å². The molecule has 2 rings (SSSR count). The first-order valence-corrected chi connectivity index (χ1v) is 10.6. The predicted octanol–water partition coefficient (Wildman–Crippen LogP) is 2.07. The Balaban J connectivity index is 2.33. The molecule has 0 aliphatic heterocycles. The second kappa shape index (κ2) is 8.59. The molecule has 116 valence electrons. The maximum absolute atomic E-state index is 12.1. The molecule has 4 nitrogen and oxygen atoms in total. The maximum atomic E-state index is 12.1. The van der Waals surface area contributed by atoms with Crippen LogP contribution in [-0.2, 0) is 26.6 Å². The Morgan fingerprint density at radius 2 is 1.17 bits per heavy atom. The van der Waals surface area contributed by atoms with Crippen LogP contribution in [-0.4, -0.2) is 25.2 Å². The Kier molecular flexibility index (Phi) is 6.48. The van der Waals surface area contributed by atoms with Crippen molar-refractivity contribution in [1.29, 1.82) is 0 Å². The molecule has 0 aliphatic rings. The van der Waals surface area contributed by atoms with E-state index in [2.05, 4.69) is 0 Å². The van der Waals surface area contributed by atoms with Crippen molar-refractivity contribution in [3.8, 4) is 0 Å². The van der Waals surface area contributed by atoms with Crippen LogP contribution in [0, 0.1) is 0 Å². The van der Waals surface area contributed by atoms with E-state index in [1.54, 1.807) is 26.0 Å². The van der Waals surface area contributed by atoms with E-state index in [0.717, 1.165) is 8.32 Å². The quantitative estimate of drug-likeness (QED) is 0.582. The molecular weight excluding hydrogens is 346 g/mol. The van der Waals surface area contributed by atoms with E-state index in [1.165, 1.54) is 0 Å². The SMILES string of the molecule is CCOC(=O)c1cccc[c]1[Zn][c]1ccccc1C(=O)OCC. The normalized spacial score (nSPS) is 9.83. The molecule has 0 heterocycles. The van der Waals surface area contributed by atoms with Crippen LogP contribution in [0.25, 0.3) is 0 Å². The third-order valence-electron chi connectivity index (χ3n) is 3.41. The van der Waals surface area contributed by atoms with Gasteiger partial charge in [0.1, 0.15) is 0 Å². The number of benzene rings is 2. The molecule has 2 aromatic rings. The van der Waals surface area contributed by atoms with E-state index in [0.29, 0.717) is 24.3 Å². The molecule has 23 heavy (non-hydrogen) atoms. The van der Waals surface area contributed by atoms with Gasteiger partial charge in [0, 0.05) is 0 Å². The molecular formula is C18H18O4Zn. The van der Waals surface area contributed by atoms with Crippen LogP contribution >= 0.6 is 0 Å². The zero-order valence-electron chi connectivity index (χ0n) is 13.4. The van der Waals surface area contributed by atoms with Crippen molar-refractivity contribution >= 4 is 20.3 Å². The van der Waals surface area contributed by atoms with Gasteiger partial charge in [-0.25, -0.2) is 0 Å². The van der Waals surface area contributed by atoms with Crippen LogP contribution in [0.3, 0.4) is 0 Å². The van der Waals surface area contributed by atoms with Crippen LogP contribution in [0.1, 0.15) is 34.6 Å². The Labute approximate surface area is 143 Å². The summed E-state index contributed by atoms with van der Waals surface area (Å²) in [6.45, 7) is 4.27. The molecule has 0 fully saturated rings. The number of carbonyl (C=O) groups excluding carboxylic acids is 2. The van der Waals surface area contributed by atoms with Crippen LogP contribution in [0.4, 0.5) is 0 Å². The molecule has 0 bridgehead atoms. The summed E-state index contributed by atoms with van der Waals surface area (Å²) in [7, 11) is 0. The molecule has 0 radical (unpaired) electrons. The zero-order chi connectivity index (χ0) is 16.7. The monoisotopic (exact) mass is 362 g/mol. The zero-order valence-corrected chi connectivity index (χ0v) is 16.3. The molecule has 0 atom stereocenters. The van der Waals surface area contributed by atoms with Crippen molar-refractivity contribution in [1.82, 2.24) is 0 Å². The van der Waals surface area contributed by atoms with E-state index >= 15 is 0 Å². The number of ether oxygens (including phenoxy) is 2. The summed E-state index contributed by atoms with van der Waals surface area (Å²) >= 11 is -1.53. The van der Waals surface area contributed by atoms with Gasteiger partial charge in [0.2, 0.25) is 0 Å². The number of esters is 2. The van der Waals surface area contributed by atoms with E-state index < -0.39 is 17.1 Å². The number of hydrogen-bond acceptors (Lipinski definition) is 4. The molecule has 0 aliphatic carbocycles. The number of hydrogen-bond donors (Lipinski definition) is 0. The Morgan fingerprint density at radius 3 is 1.57 bits per heavy atom. The van der Waals surface area contributed by atoms with Crippen molar-refractivity contribution in [3.63, 3.8) is 0 Å². The van der Waals surface area contributed by atoms with Crippen LogP contribution in [0.5, 0.6) is 0 Å². The molecule has 0 unspecified atom stereocenters. The van der Waals surface area contributed by atoms with E-state index in [9.17, 15) is 9.59 Å². The fourth-order valence-electron chi connectivity index (χ4n) is 2.37. The second-order valence-corrected chi connectivity index (χ2v) is 8.87. The fraction of sp³-hybridized carbons (Fsp3) is 0.222. The third kappa shape index (κ3) is 4.49. The molecule has 2 aromatic carbocycles. The molecule has 0 N–H and O–H groups in total. The van der Waals surface area contributed by atoms with Gasteiger partial charge >= 0.3 is 143 Å². The van der Waals surface area contributed by atoms with Gasteiger partial charge in [0.15, 0.2) is 0 Å². The van der Waals surface area contributed by atoms with Crippen molar-refractivity contribution < 1.29 is 36.2 Å². The molecule has 0 spiro atoms. The summed E-state index contributed by atoms with van der Waals surface area (Å²) in [5, 5.41) is 0. The fourth-order valence-corrected chi connectivity index (χ4v) is 6.20. The van der Waals surface area contributed by atoms with Crippen LogP contribution < -0.4 is 8.32 Å². The first-order chi connectivity index (χ1) is 11.2.